The minimum Gasteiger partial charge on any atom is -0.493 e. The van der Waals surface area contributed by atoms with Crippen LogP contribution in [0.2, 0.25) is 0 Å². The fourth-order valence-corrected chi connectivity index (χ4v) is 4.75. The van der Waals surface area contributed by atoms with E-state index in [9.17, 15) is 14.4 Å². The van der Waals surface area contributed by atoms with E-state index < -0.39 is 5.97 Å². The summed E-state index contributed by atoms with van der Waals surface area (Å²) >= 11 is 0. The van der Waals surface area contributed by atoms with E-state index in [0.29, 0.717) is 54.3 Å². The lowest BCUT2D eigenvalue weighted by molar-refractivity contribution is -0.137. The van der Waals surface area contributed by atoms with Crippen LogP contribution in [0.5, 0.6) is 11.5 Å². The van der Waals surface area contributed by atoms with Crippen LogP contribution in [0, 0.1) is 5.41 Å². The Kier molecular flexibility index (Phi) is 10.0. The number of ether oxygens (including phenoxy) is 2. The lowest BCUT2D eigenvalue weighted by atomic mass is 9.84. The molecule has 2 aromatic rings. The summed E-state index contributed by atoms with van der Waals surface area (Å²) in [6.07, 6.45) is 0.389. The number of nitrogens with zero attached hydrogens (tertiary/aromatic N) is 2. The average molecular weight is 567 g/mol. The van der Waals surface area contributed by atoms with Crippen LogP contribution in [0.4, 0.5) is 5.69 Å². The molecule has 1 amide bonds. The summed E-state index contributed by atoms with van der Waals surface area (Å²) in [6.45, 7) is 11.6. The normalized spacial score (nSPS) is 12.7. The maximum atomic E-state index is 13.7. The van der Waals surface area contributed by atoms with Gasteiger partial charge in [-0.25, -0.2) is 0 Å². The van der Waals surface area contributed by atoms with Crippen LogP contribution in [0.1, 0.15) is 84.9 Å². The number of fused-ring (bicyclic) bond motifs is 1. The number of carbonyl (C=O) groups is 3. The second-order valence-corrected chi connectivity index (χ2v) is 11.1. The predicted molar refractivity (Wildman–Crippen MR) is 159 cm³/mol. The molecule has 0 saturated carbocycles. The highest BCUT2D eigenvalue weighted by molar-refractivity contribution is 6.08. The molecule has 0 aromatic heterocycles. The van der Waals surface area contributed by atoms with Gasteiger partial charge in [0.2, 0.25) is 0 Å². The number of carbonyl (C=O) groups excluding carboxylic acids is 2. The first kappa shape index (κ1) is 31.4. The third kappa shape index (κ3) is 7.17. The molecular formula is C31H42N4O6. The zero-order valence-electron chi connectivity index (χ0n) is 25.1. The number of carboxylic acid groups (broad SMARTS) is 1. The van der Waals surface area contributed by atoms with Gasteiger partial charge >= 0.3 is 5.97 Å². The Labute approximate surface area is 242 Å². The van der Waals surface area contributed by atoms with Gasteiger partial charge in [0, 0.05) is 50.3 Å². The fraction of sp³-hybridized carbons (Fsp3) is 0.484. The molecule has 0 atom stereocenters. The van der Waals surface area contributed by atoms with Crippen molar-refractivity contribution >= 4 is 29.2 Å². The summed E-state index contributed by atoms with van der Waals surface area (Å²) in [6, 6.07) is 7.11. The number of hydrogen-bond acceptors (Lipinski definition) is 7. The molecule has 10 nitrogen and oxygen atoms in total. The first-order valence-corrected chi connectivity index (χ1v) is 13.9. The quantitative estimate of drug-likeness (QED) is 0.239. The van der Waals surface area contributed by atoms with Gasteiger partial charge in [-0.3, -0.25) is 19.8 Å². The molecule has 0 unspecified atom stereocenters. The molecule has 3 N–H and O–H groups in total. The van der Waals surface area contributed by atoms with Gasteiger partial charge in [-0.1, -0.05) is 20.8 Å². The van der Waals surface area contributed by atoms with Crippen molar-refractivity contribution in [2.75, 3.05) is 45.3 Å². The van der Waals surface area contributed by atoms with Crippen LogP contribution in [0.15, 0.2) is 24.3 Å². The van der Waals surface area contributed by atoms with Crippen molar-refractivity contribution in [1.29, 1.82) is 5.41 Å². The van der Waals surface area contributed by atoms with Gasteiger partial charge in [0.25, 0.3) is 5.91 Å². The molecule has 0 bridgehead atoms. The largest absolute Gasteiger partial charge is 0.493 e. The molecule has 222 valence electrons. The van der Waals surface area contributed by atoms with E-state index in [4.69, 9.17) is 20.0 Å². The molecule has 0 saturated heterocycles. The molecule has 10 heteroatoms. The zero-order valence-corrected chi connectivity index (χ0v) is 25.1. The van der Waals surface area contributed by atoms with Crippen LogP contribution in [0.25, 0.3) is 0 Å². The van der Waals surface area contributed by atoms with E-state index in [2.05, 4.69) is 5.32 Å². The summed E-state index contributed by atoms with van der Waals surface area (Å²) in [5.41, 5.74) is 3.54. The van der Waals surface area contributed by atoms with E-state index in [0.717, 1.165) is 16.8 Å². The predicted octanol–water partition coefficient (Wildman–Crippen LogP) is 4.47. The highest BCUT2D eigenvalue weighted by Crippen LogP contribution is 2.40. The summed E-state index contributed by atoms with van der Waals surface area (Å²) < 4.78 is 11.9. The number of amidine groups is 1. The standard InChI is InChI=1S/C31H42N4O6/c1-8-34(7)24-14-19(13-23(31(3,4)5)28(24)41-12-10-11-27(37)38)25(36)18-35-17-20-15-26(40-9-2)22(30(39)33-6)16-21(20)29(35)32/h13-16,32H,8-12,17-18H2,1-7H3,(H,33,39)(H,37,38). The van der Waals surface area contributed by atoms with Crippen molar-refractivity contribution in [3.8, 4) is 11.5 Å². The highest BCUT2D eigenvalue weighted by atomic mass is 16.5. The van der Waals surface area contributed by atoms with Crippen LogP contribution in [0.3, 0.4) is 0 Å². The number of amides is 1. The molecule has 1 aliphatic rings. The van der Waals surface area contributed by atoms with Gasteiger partial charge in [-0.2, -0.15) is 0 Å². The molecule has 1 heterocycles. The second-order valence-electron chi connectivity index (χ2n) is 11.1. The topological polar surface area (TPSA) is 132 Å². The number of benzene rings is 2. The van der Waals surface area contributed by atoms with Crippen LogP contribution < -0.4 is 19.7 Å². The molecule has 0 spiro atoms. The Morgan fingerprint density at radius 2 is 1.83 bits per heavy atom. The van der Waals surface area contributed by atoms with Gasteiger partial charge < -0.3 is 29.7 Å². The number of anilines is 1. The maximum absolute atomic E-state index is 13.7. The lowest BCUT2D eigenvalue weighted by Crippen LogP contribution is -2.31. The number of aliphatic carboxylic acids is 1. The summed E-state index contributed by atoms with van der Waals surface area (Å²) in [5.74, 6) is -0.0336. The molecule has 0 radical (unpaired) electrons. The first-order valence-electron chi connectivity index (χ1n) is 13.9. The molecular weight excluding hydrogens is 524 g/mol. The molecule has 0 aliphatic carbocycles. The van der Waals surface area contributed by atoms with E-state index in [1.807, 2.05) is 58.7 Å². The van der Waals surface area contributed by atoms with E-state index in [1.54, 1.807) is 24.1 Å². The Bertz CT molecular complexity index is 1330. The van der Waals surface area contributed by atoms with E-state index in [1.165, 1.54) is 0 Å². The summed E-state index contributed by atoms with van der Waals surface area (Å²) in [7, 11) is 3.47. The lowest BCUT2D eigenvalue weighted by Gasteiger charge is -2.29. The van der Waals surface area contributed by atoms with Crippen LogP contribution in [-0.2, 0) is 16.8 Å². The average Bonchev–Trinajstić information content (AvgIpc) is 3.22. The maximum Gasteiger partial charge on any atom is 0.303 e. The molecule has 41 heavy (non-hydrogen) atoms. The Morgan fingerprint density at radius 3 is 2.41 bits per heavy atom. The number of carboxylic acids is 1. The van der Waals surface area contributed by atoms with Crippen molar-refractivity contribution in [3.63, 3.8) is 0 Å². The third-order valence-electron chi connectivity index (χ3n) is 7.11. The SMILES string of the molecule is CCOc1cc2c(cc1C(=O)NC)C(=N)N(CC(=O)c1cc(N(C)CC)c(OCCCC(=O)O)c(C(C)(C)C)c1)C2. The van der Waals surface area contributed by atoms with Gasteiger partial charge in [0.05, 0.1) is 31.0 Å². The number of hydrogen-bond donors (Lipinski definition) is 3. The van der Waals surface area contributed by atoms with E-state index >= 15 is 0 Å². The summed E-state index contributed by atoms with van der Waals surface area (Å²) in [5, 5.41) is 20.4. The minimum atomic E-state index is -0.870. The molecule has 0 fully saturated rings. The Morgan fingerprint density at radius 1 is 1.12 bits per heavy atom. The summed E-state index contributed by atoms with van der Waals surface area (Å²) in [4.78, 5) is 40.9. The van der Waals surface area contributed by atoms with Gasteiger partial charge in [-0.05, 0) is 55.5 Å². The van der Waals surface area contributed by atoms with E-state index in [-0.39, 0.29) is 42.5 Å². The van der Waals surface area contributed by atoms with Crippen molar-refractivity contribution < 1.29 is 29.0 Å². The molecule has 3 rings (SSSR count). The zero-order chi connectivity index (χ0) is 30.5. The molecule has 1 aliphatic heterocycles. The number of ketones is 1. The van der Waals surface area contributed by atoms with Crippen LogP contribution in [-0.4, -0.2) is 73.9 Å². The highest BCUT2D eigenvalue weighted by Gasteiger charge is 2.31. The van der Waals surface area contributed by atoms with Crippen LogP contribution >= 0.6 is 0 Å². The number of Topliss-reactive ketones (excluding diaryl/α,β-unsaturated/α-hetero) is 1. The van der Waals surface area contributed by atoms with Crippen molar-refractivity contribution in [2.24, 2.45) is 0 Å². The smallest absolute Gasteiger partial charge is 0.303 e. The number of rotatable bonds is 13. The Hall–Kier alpha value is -4.08. The number of nitrogens with one attached hydrogen (secondary N) is 2. The second kappa shape index (κ2) is 13.1. The van der Waals surface area contributed by atoms with Gasteiger partial charge in [0.1, 0.15) is 17.3 Å². The minimum absolute atomic E-state index is 0.00946. The fourth-order valence-electron chi connectivity index (χ4n) is 4.75. The molecule has 2 aromatic carbocycles. The van der Waals surface area contributed by atoms with Gasteiger partial charge in [-0.15, -0.1) is 0 Å². The van der Waals surface area contributed by atoms with Gasteiger partial charge in [0.15, 0.2) is 5.78 Å². The first-order chi connectivity index (χ1) is 19.3. The Balaban J connectivity index is 1.94. The van der Waals surface area contributed by atoms with Crippen molar-refractivity contribution in [3.05, 3.63) is 52.1 Å². The van der Waals surface area contributed by atoms with Crippen molar-refractivity contribution in [2.45, 2.75) is 59.4 Å². The van der Waals surface area contributed by atoms with Crippen molar-refractivity contribution in [1.82, 2.24) is 10.2 Å². The third-order valence-corrected chi connectivity index (χ3v) is 7.11. The monoisotopic (exact) mass is 566 g/mol.